The largest absolute Gasteiger partial charge is 0.378 e. The molecule has 1 fully saturated rings. The Morgan fingerprint density at radius 1 is 1.00 bits per heavy atom. The summed E-state index contributed by atoms with van der Waals surface area (Å²) in [4.78, 5) is 26.1. The summed E-state index contributed by atoms with van der Waals surface area (Å²) < 4.78 is 5.26. The number of ether oxygens (including phenoxy) is 1. The molecule has 0 spiro atoms. The molecule has 5 nitrogen and oxygen atoms in total. The van der Waals surface area contributed by atoms with Crippen molar-refractivity contribution in [2.45, 2.75) is 6.42 Å². The van der Waals surface area contributed by atoms with E-state index in [1.165, 1.54) is 6.08 Å². The molecule has 1 aliphatic heterocycles. The van der Waals surface area contributed by atoms with E-state index in [2.05, 4.69) is 5.32 Å². The molecule has 26 heavy (non-hydrogen) atoms. The Morgan fingerprint density at radius 2 is 1.69 bits per heavy atom. The van der Waals surface area contributed by atoms with Crippen LogP contribution in [0.4, 0.5) is 5.69 Å². The van der Waals surface area contributed by atoms with Crippen molar-refractivity contribution in [2.75, 3.05) is 31.6 Å². The van der Waals surface area contributed by atoms with E-state index in [9.17, 15) is 9.59 Å². The van der Waals surface area contributed by atoms with E-state index in [0.29, 0.717) is 38.4 Å². The van der Waals surface area contributed by atoms with Crippen molar-refractivity contribution in [3.8, 4) is 0 Å². The number of carbonyl (C=O) groups excluding carboxylic acids is 2. The highest BCUT2D eigenvalue weighted by Gasteiger charge is 2.16. The van der Waals surface area contributed by atoms with E-state index in [-0.39, 0.29) is 11.8 Å². The standard InChI is InChI=1S/C21H22N2O3/c24-20(11-8-17-4-2-1-3-5-17)22-19-9-6-18(7-10-19)16-21(25)23-12-14-26-15-13-23/h1-11H,12-16H2,(H,22,24)/b11-8+. The molecule has 0 unspecified atom stereocenters. The molecular weight excluding hydrogens is 328 g/mol. The predicted molar refractivity (Wildman–Crippen MR) is 102 cm³/mol. The fourth-order valence-electron chi connectivity index (χ4n) is 2.73. The average molecular weight is 350 g/mol. The summed E-state index contributed by atoms with van der Waals surface area (Å²) in [5.41, 5.74) is 2.61. The summed E-state index contributed by atoms with van der Waals surface area (Å²) in [6, 6.07) is 17.0. The van der Waals surface area contributed by atoms with Crippen LogP contribution in [-0.4, -0.2) is 43.0 Å². The molecule has 0 atom stereocenters. The normalized spacial score (nSPS) is 14.4. The molecule has 2 aromatic carbocycles. The maximum atomic E-state index is 12.2. The van der Waals surface area contributed by atoms with E-state index in [1.54, 1.807) is 6.08 Å². The van der Waals surface area contributed by atoms with Gasteiger partial charge in [0.25, 0.3) is 0 Å². The zero-order valence-corrected chi connectivity index (χ0v) is 14.6. The minimum atomic E-state index is -0.189. The minimum Gasteiger partial charge on any atom is -0.378 e. The lowest BCUT2D eigenvalue weighted by atomic mass is 10.1. The van der Waals surface area contributed by atoms with Crippen LogP contribution >= 0.6 is 0 Å². The molecule has 0 bridgehead atoms. The van der Waals surface area contributed by atoms with Gasteiger partial charge >= 0.3 is 0 Å². The number of hydrogen-bond acceptors (Lipinski definition) is 3. The third-order valence-corrected chi connectivity index (χ3v) is 4.17. The van der Waals surface area contributed by atoms with Gasteiger partial charge in [-0.25, -0.2) is 0 Å². The molecule has 0 radical (unpaired) electrons. The number of benzene rings is 2. The van der Waals surface area contributed by atoms with Gasteiger partial charge in [0.15, 0.2) is 0 Å². The van der Waals surface area contributed by atoms with Crippen LogP contribution in [0.5, 0.6) is 0 Å². The SMILES string of the molecule is O=C(/C=C/c1ccccc1)Nc1ccc(CC(=O)N2CCOCC2)cc1. The van der Waals surface area contributed by atoms with Crippen molar-refractivity contribution in [1.29, 1.82) is 0 Å². The smallest absolute Gasteiger partial charge is 0.248 e. The van der Waals surface area contributed by atoms with Crippen molar-refractivity contribution in [3.63, 3.8) is 0 Å². The molecule has 1 saturated heterocycles. The Balaban J connectivity index is 1.51. The first-order valence-corrected chi connectivity index (χ1v) is 8.69. The van der Waals surface area contributed by atoms with Crippen molar-refractivity contribution in [1.82, 2.24) is 4.90 Å². The lowest BCUT2D eigenvalue weighted by molar-refractivity contribution is -0.134. The highest BCUT2D eigenvalue weighted by atomic mass is 16.5. The van der Waals surface area contributed by atoms with Gasteiger partial charge in [0.1, 0.15) is 0 Å². The Hall–Kier alpha value is -2.92. The second-order valence-corrected chi connectivity index (χ2v) is 6.10. The fourth-order valence-corrected chi connectivity index (χ4v) is 2.73. The highest BCUT2D eigenvalue weighted by molar-refractivity contribution is 6.01. The number of anilines is 1. The van der Waals surface area contributed by atoms with E-state index < -0.39 is 0 Å². The molecule has 0 saturated carbocycles. The molecule has 3 rings (SSSR count). The van der Waals surface area contributed by atoms with Gasteiger partial charge < -0.3 is 15.0 Å². The van der Waals surface area contributed by atoms with Crippen molar-refractivity contribution in [3.05, 3.63) is 71.8 Å². The zero-order chi connectivity index (χ0) is 18.2. The van der Waals surface area contributed by atoms with Crippen LogP contribution in [0.2, 0.25) is 0 Å². The van der Waals surface area contributed by atoms with Gasteiger partial charge in [0.05, 0.1) is 19.6 Å². The Labute approximate surface area is 153 Å². The Morgan fingerprint density at radius 3 is 2.38 bits per heavy atom. The number of nitrogens with zero attached hydrogens (tertiary/aromatic N) is 1. The minimum absolute atomic E-state index is 0.107. The van der Waals surface area contributed by atoms with Crippen molar-refractivity contribution >= 4 is 23.6 Å². The van der Waals surface area contributed by atoms with Gasteiger partial charge in [0.2, 0.25) is 11.8 Å². The van der Waals surface area contributed by atoms with E-state index in [1.807, 2.05) is 59.5 Å². The number of amides is 2. The summed E-state index contributed by atoms with van der Waals surface area (Å²) in [6.07, 6.45) is 3.64. The quantitative estimate of drug-likeness (QED) is 0.844. The van der Waals surface area contributed by atoms with Gasteiger partial charge in [-0.1, -0.05) is 42.5 Å². The second-order valence-electron chi connectivity index (χ2n) is 6.10. The summed E-state index contributed by atoms with van der Waals surface area (Å²) >= 11 is 0. The molecule has 134 valence electrons. The Kier molecular flexibility index (Phi) is 6.17. The number of nitrogens with one attached hydrogen (secondary N) is 1. The highest BCUT2D eigenvalue weighted by Crippen LogP contribution is 2.12. The van der Waals surface area contributed by atoms with Crippen LogP contribution in [0, 0.1) is 0 Å². The summed E-state index contributed by atoms with van der Waals surface area (Å²) in [5, 5.41) is 2.82. The Bertz CT molecular complexity index is 764. The maximum absolute atomic E-state index is 12.2. The molecule has 1 N–H and O–H groups in total. The van der Waals surface area contributed by atoms with Gasteiger partial charge in [-0.15, -0.1) is 0 Å². The van der Waals surface area contributed by atoms with Gasteiger partial charge in [-0.3, -0.25) is 9.59 Å². The summed E-state index contributed by atoms with van der Waals surface area (Å²) in [7, 11) is 0. The van der Waals surface area contributed by atoms with Gasteiger partial charge in [-0.2, -0.15) is 0 Å². The molecule has 2 aromatic rings. The average Bonchev–Trinajstić information content (AvgIpc) is 2.69. The molecule has 1 aliphatic rings. The van der Waals surface area contributed by atoms with Crippen LogP contribution in [0.1, 0.15) is 11.1 Å². The number of rotatable bonds is 5. The first-order valence-electron chi connectivity index (χ1n) is 8.69. The van der Waals surface area contributed by atoms with Crippen LogP contribution < -0.4 is 5.32 Å². The van der Waals surface area contributed by atoms with Gasteiger partial charge in [0, 0.05) is 24.9 Å². The molecule has 5 heteroatoms. The first-order chi connectivity index (χ1) is 12.7. The lowest BCUT2D eigenvalue weighted by Crippen LogP contribution is -2.41. The molecule has 2 amide bonds. The van der Waals surface area contributed by atoms with Crippen LogP contribution in [0.15, 0.2) is 60.7 Å². The van der Waals surface area contributed by atoms with Crippen LogP contribution in [0.3, 0.4) is 0 Å². The third kappa shape index (κ3) is 5.29. The lowest BCUT2D eigenvalue weighted by Gasteiger charge is -2.26. The summed E-state index contributed by atoms with van der Waals surface area (Å²) in [6.45, 7) is 2.52. The van der Waals surface area contributed by atoms with Crippen molar-refractivity contribution < 1.29 is 14.3 Å². The first kappa shape index (κ1) is 17.9. The van der Waals surface area contributed by atoms with Crippen LogP contribution in [0.25, 0.3) is 6.08 Å². The third-order valence-electron chi connectivity index (χ3n) is 4.17. The maximum Gasteiger partial charge on any atom is 0.248 e. The fraction of sp³-hybridized carbons (Fsp3) is 0.238. The van der Waals surface area contributed by atoms with Gasteiger partial charge in [-0.05, 0) is 29.3 Å². The monoisotopic (exact) mass is 350 g/mol. The molecule has 0 aliphatic carbocycles. The predicted octanol–water partition coefficient (Wildman–Crippen LogP) is 2.74. The molecular formula is C21H22N2O3. The zero-order valence-electron chi connectivity index (χ0n) is 14.6. The summed E-state index contributed by atoms with van der Waals surface area (Å²) in [5.74, 6) is -0.0816. The number of carbonyl (C=O) groups is 2. The second kappa shape index (κ2) is 8.97. The van der Waals surface area contributed by atoms with Crippen molar-refractivity contribution in [2.24, 2.45) is 0 Å². The van der Waals surface area contributed by atoms with Crippen LogP contribution in [-0.2, 0) is 20.7 Å². The van der Waals surface area contributed by atoms with E-state index in [4.69, 9.17) is 4.74 Å². The topological polar surface area (TPSA) is 58.6 Å². The molecule has 1 heterocycles. The number of morpholine rings is 1. The molecule has 0 aromatic heterocycles. The van der Waals surface area contributed by atoms with E-state index >= 15 is 0 Å². The number of hydrogen-bond donors (Lipinski definition) is 1. The van der Waals surface area contributed by atoms with E-state index in [0.717, 1.165) is 11.1 Å².